The first-order valence-corrected chi connectivity index (χ1v) is 7.99. The number of fused-ring (bicyclic) bond motifs is 1. The molecule has 0 saturated carbocycles. The summed E-state index contributed by atoms with van der Waals surface area (Å²) in [5.74, 6) is 0.136. The zero-order chi connectivity index (χ0) is 17.4. The average molecular weight is 331 g/mol. The highest BCUT2D eigenvalue weighted by Gasteiger charge is 2.13. The average Bonchev–Trinajstić information content (AvgIpc) is 2.92. The predicted octanol–water partition coefficient (Wildman–Crippen LogP) is 2.50. The third-order valence-electron chi connectivity index (χ3n) is 4.12. The number of nitrogens with two attached hydrogens (primary N) is 1. The molecule has 0 aliphatic heterocycles. The summed E-state index contributed by atoms with van der Waals surface area (Å²) < 4.78 is 2.74. The van der Waals surface area contributed by atoms with Gasteiger partial charge in [-0.15, -0.1) is 5.10 Å². The summed E-state index contributed by atoms with van der Waals surface area (Å²) in [4.78, 5) is 17.0. The van der Waals surface area contributed by atoms with E-state index < -0.39 is 0 Å². The number of aromatic nitrogens is 4. The lowest BCUT2D eigenvalue weighted by atomic mass is 10.1. The SMILES string of the molecule is Cc1ccc(-c2cc3nn(Cc4ccccc4)c(=O)n3c(N)n2)cc1. The normalized spacial score (nSPS) is 11.1. The number of nitrogen functional groups attached to an aromatic ring is 1. The molecule has 0 aliphatic carbocycles. The summed E-state index contributed by atoms with van der Waals surface area (Å²) in [7, 11) is 0. The Labute approximate surface area is 144 Å². The maximum absolute atomic E-state index is 12.6. The number of anilines is 1. The molecule has 2 N–H and O–H groups in total. The third kappa shape index (κ3) is 2.78. The Morgan fingerprint density at radius 2 is 1.76 bits per heavy atom. The van der Waals surface area contributed by atoms with Crippen molar-refractivity contribution in [3.8, 4) is 11.3 Å². The minimum absolute atomic E-state index is 0.136. The van der Waals surface area contributed by atoms with Gasteiger partial charge < -0.3 is 5.73 Å². The van der Waals surface area contributed by atoms with E-state index in [2.05, 4.69) is 10.1 Å². The zero-order valence-corrected chi connectivity index (χ0v) is 13.8. The summed E-state index contributed by atoms with van der Waals surface area (Å²) in [6.45, 7) is 2.42. The summed E-state index contributed by atoms with van der Waals surface area (Å²) >= 11 is 0. The number of hydrogen-bond donors (Lipinski definition) is 1. The van der Waals surface area contributed by atoms with E-state index in [0.717, 1.165) is 11.1 Å². The molecule has 0 aliphatic rings. The minimum Gasteiger partial charge on any atom is -0.369 e. The molecule has 2 aromatic heterocycles. The molecule has 0 bridgehead atoms. The molecule has 2 heterocycles. The van der Waals surface area contributed by atoms with Crippen LogP contribution in [0.4, 0.5) is 5.95 Å². The van der Waals surface area contributed by atoms with E-state index in [1.807, 2.05) is 61.5 Å². The molecule has 2 aromatic carbocycles. The Morgan fingerprint density at radius 3 is 2.48 bits per heavy atom. The first kappa shape index (κ1) is 15.1. The highest BCUT2D eigenvalue weighted by atomic mass is 16.2. The molecule has 124 valence electrons. The lowest BCUT2D eigenvalue weighted by Gasteiger charge is -2.03. The van der Waals surface area contributed by atoms with Gasteiger partial charge in [0.05, 0.1) is 12.2 Å². The van der Waals surface area contributed by atoms with Gasteiger partial charge in [-0.2, -0.15) is 0 Å². The molecule has 0 saturated heterocycles. The third-order valence-corrected chi connectivity index (χ3v) is 4.12. The van der Waals surface area contributed by atoms with Gasteiger partial charge in [0.25, 0.3) is 0 Å². The molecule has 0 unspecified atom stereocenters. The van der Waals surface area contributed by atoms with Crippen molar-refractivity contribution in [3.63, 3.8) is 0 Å². The highest BCUT2D eigenvalue weighted by Crippen LogP contribution is 2.20. The van der Waals surface area contributed by atoms with E-state index in [-0.39, 0.29) is 11.6 Å². The van der Waals surface area contributed by atoms with Crippen LogP contribution in [0.1, 0.15) is 11.1 Å². The molecule has 25 heavy (non-hydrogen) atoms. The van der Waals surface area contributed by atoms with Gasteiger partial charge >= 0.3 is 5.69 Å². The van der Waals surface area contributed by atoms with Crippen LogP contribution in [0, 0.1) is 6.92 Å². The van der Waals surface area contributed by atoms with E-state index in [1.54, 1.807) is 6.07 Å². The molecule has 4 aromatic rings. The largest absolute Gasteiger partial charge is 0.369 e. The minimum atomic E-state index is -0.292. The second-order valence-electron chi connectivity index (χ2n) is 5.99. The van der Waals surface area contributed by atoms with Crippen LogP contribution in [-0.4, -0.2) is 19.2 Å². The van der Waals surface area contributed by atoms with Gasteiger partial charge in [0.2, 0.25) is 5.95 Å². The molecule has 0 atom stereocenters. The van der Waals surface area contributed by atoms with Crippen molar-refractivity contribution in [3.05, 3.63) is 82.3 Å². The van der Waals surface area contributed by atoms with E-state index in [4.69, 9.17) is 5.73 Å². The van der Waals surface area contributed by atoms with Crippen molar-refractivity contribution in [2.75, 3.05) is 5.73 Å². The van der Waals surface area contributed by atoms with Crippen molar-refractivity contribution in [1.82, 2.24) is 19.2 Å². The van der Waals surface area contributed by atoms with Crippen LogP contribution in [0.15, 0.2) is 65.5 Å². The highest BCUT2D eigenvalue weighted by molar-refractivity contribution is 5.65. The number of aryl methyl sites for hydroxylation is 1. The lowest BCUT2D eigenvalue weighted by molar-refractivity contribution is 0.659. The fourth-order valence-electron chi connectivity index (χ4n) is 2.79. The van der Waals surface area contributed by atoms with Crippen LogP contribution in [0.2, 0.25) is 0 Å². The van der Waals surface area contributed by atoms with Gasteiger partial charge in [-0.1, -0.05) is 60.2 Å². The van der Waals surface area contributed by atoms with Crippen molar-refractivity contribution < 1.29 is 0 Å². The number of nitrogens with zero attached hydrogens (tertiary/aromatic N) is 4. The Morgan fingerprint density at radius 1 is 1.04 bits per heavy atom. The van der Waals surface area contributed by atoms with Crippen molar-refractivity contribution in [2.24, 2.45) is 0 Å². The second-order valence-corrected chi connectivity index (χ2v) is 5.99. The molecule has 6 nitrogen and oxygen atoms in total. The van der Waals surface area contributed by atoms with Crippen molar-refractivity contribution >= 4 is 11.6 Å². The quantitative estimate of drug-likeness (QED) is 0.625. The number of hydrogen-bond acceptors (Lipinski definition) is 4. The molecular weight excluding hydrogens is 314 g/mol. The molecule has 0 amide bonds. The first-order valence-electron chi connectivity index (χ1n) is 7.99. The van der Waals surface area contributed by atoms with E-state index >= 15 is 0 Å². The summed E-state index contributed by atoms with van der Waals surface area (Å²) in [5.41, 5.74) is 10.0. The summed E-state index contributed by atoms with van der Waals surface area (Å²) in [6.07, 6.45) is 0. The van der Waals surface area contributed by atoms with E-state index in [9.17, 15) is 4.79 Å². The van der Waals surface area contributed by atoms with Crippen LogP contribution in [0.5, 0.6) is 0 Å². The monoisotopic (exact) mass is 331 g/mol. The van der Waals surface area contributed by atoms with E-state index in [1.165, 1.54) is 14.6 Å². The first-order chi connectivity index (χ1) is 12.1. The fourth-order valence-corrected chi connectivity index (χ4v) is 2.79. The van der Waals surface area contributed by atoms with Crippen LogP contribution in [0.3, 0.4) is 0 Å². The lowest BCUT2D eigenvalue weighted by Crippen LogP contribution is -2.23. The summed E-state index contributed by atoms with van der Waals surface area (Å²) in [5, 5.41) is 4.42. The second kappa shape index (κ2) is 5.90. The van der Waals surface area contributed by atoms with Crippen molar-refractivity contribution in [2.45, 2.75) is 13.5 Å². The Balaban J connectivity index is 1.81. The number of benzene rings is 2. The molecule has 6 heteroatoms. The molecule has 0 radical (unpaired) electrons. The standard InChI is InChI=1S/C19H17N5O/c1-13-7-9-15(10-8-13)16-11-17-22-23(12-14-5-3-2-4-6-14)19(25)24(17)18(20)21-16/h2-11H,12H2,1H3,(H2,20,21). The molecule has 0 spiro atoms. The van der Waals surface area contributed by atoms with E-state index in [0.29, 0.717) is 17.9 Å². The van der Waals surface area contributed by atoms with Crippen LogP contribution >= 0.6 is 0 Å². The van der Waals surface area contributed by atoms with Crippen LogP contribution in [0.25, 0.3) is 16.9 Å². The van der Waals surface area contributed by atoms with Gasteiger partial charge in [-0.3, -0.25) is 0 Å². The van der Waals surface area contributed by atoms with Gasteiger partial charge in [-0.25, -0.2) is 18.9 Å². The van der Waals surface area contributed by atoms with Gasteiger partial charge in [-0.05, 0) is 12.5 Å². The summed E-state index contributed by atoms with van der Waals surface area (Å²) in [6, 6.07) is 19.5. The molecule has 0 fully saturated rings. The van der Waals surface area contributed by atoms with Crippen molar-refractivity contribution in [1.29, 1.82) is 0 Å². The Kier molecular flexibility index (Phi) is 3.57. The maximum atomic E-state index is 12.6. The maximum Gasteiger partial charge on any atom is 0.353 e. The predicted molar refractivity (Wildman–Crippen MR) is 97.4 cm³/mol. The Hall–Kier alpha value is -3.41. The van der Waals surface area contributed by atoms with Gasteiger partial charge in [0.15, 0.2) is 5.65 Å². The van der Waals surface area contributed by atoms with Crippen LogP contribution < -0.4 is 11.4 Å². The molecular formula is C19H17N5O. The Bertz CT molecular complexity index is 1090. The number of rotatable bonds is 3. The fraction of sp³-hybridized carbons (Fsp3) is 0.105. The smallest absolute Gasteiger partial charge is 0.353 e. The molecule has 4 rings (SSSR count). The topological polar surface area (TPSA) is 78.2 Å². The zero-order valence-electron chi connectivity index (χ0n) is 13.8. The van der Waals surface area contributed by atoms with Gasteiger partial charge in [0, 0.05) is 11.6 Å². The van der Waals surface area contributed by atoms with Crippen LogP contribution in [-0.2, 0) is 6.54 Å². The van der Waals surface area contributed by atoms with Gasteiger partial charge in [0.1, 0.15) is 0 Å².